The van der Waals surface area contributed by atoms with Crippen molar-refractivity contribution in [2.24, 2.45) is 0 Å². The van der Waals surface area contributed by atoms with Crippen LogP contribution in [0, 0.1) is 6.92 Å². The van der Waals surface area contributed by atoms with E-state index in [4.69, 9.17) is 13.9 Å². The molecule has 5 nitrogen and oxygen atoms in total. The van der Waals surface area contributed by atoms with E-state index in [1.165, 1.54) is 0 Å². The largest absolute Gasteiger partial charge is 0.484 e. The Balaban J connectivity index is 1.94. The average molecular weight is 298 g/mol. The molecule has 0 N–H and O–H groups in total. The second kappa shape index (κ2) is 7.26. The highest BCUT2D eigenvalue weighted by Crippen LogP contribution is 2.22. The van der Waals surface area contributed by atoms with Gasteiger partial charge in [-0.15, -0.1) is 10.2 Å². The molecule has 0 spiro atoms. The second-order valence-electron chi connectivity index (χ2n) is 4.73. The lowest BCUT2D eigenvalue weighted by Crippen LogP contribution is -1.96. The van der Waals surface area contributed by atoms with Crippen molar-refractivity contribution >= 4 is 0 Å². The number of allylic oxidation sites excluding steroid dienone is 3. The van der Waals surface area contributed by atoms with E-state index in [2.05, 4.69) is 23.4 Å². The van der Waals surface area contributed by atoms with Crippen molar-refractivity contribution in [2.45, 2.75) is 20.5 Å². The summed E-state index contributed by atoms with van der Waals surface area (Å²) in [7, 11) is 0. The van der Waals surface area contributed by atoms with E-state index in [1.54, 1.807) is 19.1 Å². The molecule has 0 aliphatic rings. The summed E-state index contributed by atoms with van der Waals surface area (Å²) in [5.41, 5.74) is 0.927. The average Bonchev–Trinajstić information content (AvgIpc) is 2.89. The van der Waals surface area contributed by atoms with Crippen LogP contribution < -0.4 is 9.47 Å². The van der Waals surface area contributed by atoms with Crippen LogP contribution in [0.25, 0.3) is 0 Å². The number of hydrogen-bond acceptors (Lipinski definition) is 5. The summed E-state index contributed by atoms with van der Waals surface area (Å²) in [4.78, 5) is 0. The Kier molecular flexibility index (Phi) is 5.14. The van der Waals surface area contributed by atoms with Gasteiger partial charge in [0.15, 0.2) is 6.61 Å². The number of rotatable bonds is 7. The summed E-state index contributed by atoms with van der Waals surface area (Å²) in [5.74, 6) is 2.74. The molecule has 1 aromatic carbocycles. The Hall–Kier alpha value is -2.82. The lowest BCUT2D eigenvalue weighted by Gasteiger charge is -2.08. The van der Waals surface area contributed by atoms with Crippen LogP contribution >= 0.6 is 0 Å². The molecular formula is C17H18N2O3. The van der Waals surface area contributed by atoms with Gasteiger partial charge in [0.1, 0.15) is 17.3 Å². The second-order valence-corrected chi connectivity index (χ2v) is 4.73. The van der Waals surface area contributed by atoms with Crippen LogP contribution in [-0.4, -0.2) is 10.2 Å². The molecule has 1 aromatic heterocycles. The van der Waals surface area contributed by atoms with E-state index in [1.807, 2.05) is 31.2 Å². The van der Waals surface area contributed by atoms with Crippen molar-refractivity contribution in [3.05, 3.63) is 72.7 Å². The molecule has 0 atom stereocenters. The molecule has 2 aromatic rings. The van der Waals surface area contributed by atoms with Gasteiger partial charge in [-0.3, -0.25) is 0 Å². The molecule has 0 unspecified atom stereocenters. The van der Waals surface area contributed by atoms with E-state index < -0.39 is 0 Å². The Morgan fingerprint density at radius 2 is 2.00 bits per heavy atom. The maximum Gasteiger partial charge on any atom is 0.253 e. The Labute approximate surface area is 129 Å². The Morgan fingerprint density at radius 1 is 1.23 bits per heavy atom. The first-order valence-electron chi connectivity index (χ1n) is 6.75. The number of benzene rings is 1. The highest BCUT2D eigenvalue weighted by atomic mass is 16.5. The molecular weight excluding hydrogens is 280 g/mol. The summed E-state index contributed by atoms with van der Waals surface area (Å²) in [6, 6.07) is 7.24. The van der Waals surface area contributed by atoms with Crippen LogP contribution in [0.15, 0.2) is 65.3 Å². The van der Waals surface area contributed by atoms with Crippen LogP contribution in [0.3, 0.4) is 0 Å². The summed E-state index contributed by atoms with van der Waals surface area (Å²) < 4.78 is 16.4. The molecule has 0 saturated heterocycles. The van der Waals surface area contributed by atoms with Gasteiger partial charge >= 0.3 is 0 Å². The quantitative estimate of drug-likeness (QED) is 0.571. The van der Waals surface area contributed by atoms with Crippen molar-refractivity contribution in [2.75, 3.05) is 0 Å². The van der Waals surface area contributed by atoms with Crippen molar-refractivity contribution in [3.63, 3.8) is 0 Å². The lowest BCUT2D eigenvalue weighted by atomic mass is 10.3. The molecule has 0 aliphatic carbocycles. The highest BCUT2D eigenvalue weighted by Gasteiger charge is 2.04. The third kappa shape index (κ3) is 4.94. The van der Waals surface area contributed by atoms with E-state index >= 15 is 0 Å². The predicted molar refractivity (Wildman–Crippen MR) is 83.5 cm³/mol. The standard InChI is InChI=1S/C17H18N2O3/c1-12(2)8-9-13(3)21-16-7-5-6-15(10-16)20-11-17-19-18-14(4)22-17/h5-10H,1,3,11H2,2,4H3/b9-8-. The monoisotopic (exact) mass is 298 g/mol. The third-order valence-corrected chi connectivity index (χ3v) is 2.54. The first-order chi connectivity index (χ1) is 10.5. The summed E-state index contributed by atoms with van der Waals surface area (Å²) in [5, 5.41) is 7.61. The number of aromatic nitrogens is 2. The molecule has 5 heteroatoms. The summed E-state index contributed by atoms with van der Waals surface area (Å²) >= 11 is 0. The van der Waals surface area contributed by atoms with Crippen molar-refractivity contribution in [3.8, 4) is 11.5 Å². The van der Waals surface area contributed by atoms with E-state index in [9.17, 15) is 0 Å². The number of ether oxygens (including phenoxy) is 2. The first-order valence-corrected chi connectivity index (χ1v) is 6.75. The van der Waals surface area contributed by atoms with Crippen LogP contribution in [0.5, 0.6) is 11.5 Å². The van der Waals surface area contributed by atoms with Gasteiger partial charge in [-0.1, -0.05) is 30.9 Å². The van der Waals surface area contributed by atoms with Gasteiger partial charge in [-0.05, 0) is 25.1 Å². The minimum Gasteiger partial charge on any atom is -0.484 e. The minimum atomic E-state index is 0.209. The number of nitrogens with zero attached hydrogens (tertiary/aromatic N) is 2. The fourth-order valence-electron chi connectivity index (χ4n) is 1.59. The number of aryl methyl sites for hydroxylation is 1. The fraction of sp³-hybridized carbons (Fsp3) is 0.176. The number of hydrogen-bond donors (Lipinski definition) is 0. The van der Waals surface area contributed by atoms with Gasteiger partial charge in [-0.25, -0.2) is 0 Å². The smallest absolute Gasteiger partial charge is 0.253 e. The molecule has 1 heterocycles. The maximum atomic E-state index is 5.61. The fourth-order valence-corrected chi connectivity index (χ4v) is 1.59. The molecule has 0 radical (unpaired) electrons. The first kappa shape index (κ1) is 15.6. The topological polar surface area (TPSA) is 57.4 Å². The highest BCUT2D eigenvalue weighted by molar-refractivity contribution is 5.35. The van der Waals surface area contributed by atoms with E-state index in [-0.39, 0.29) is 6.61 Å². The van der Waals surface area contributed by atoms with Gasteiger partial charge in [-0.2, -0.15) is 0 Å². The zero-order valence-electron chi connectivity index (χ0n) is 12.7. The molecule has 22 heavy (non-hydrogen) atoms. The maximum absolute atomic E-state index is 5.61. The van der Waals surface area contributed by atoms with Crippen LogP contribution in [0.1, 0.15) is 18.7 Å². The van der Waals surface area contributed by atoms with E-state index in [0.29, 0.717) is 29.0 Å². The van der Waals surface area contributed by atoms with Crippen LogP contribution in [-0.2, 0) is 6.61 Å². The summed E-state index contributed by atoms with van der Waals surface area (Å²) in [6.45, 7) is 11.4. The Bertz CT molecular complexity index is 701. The normalized spacial score (nSPS) is 10.6. The SMILES string of the molecule is C=C(C)/C=C\C(=C)Oc1cccc(OCc2nnc(C)o2)c1. The van der Waals surface area contributed by atoms with Crippen LogP contribution in [0.2, 0.25) is 0 Å². The molecule has 0 fully saturated rings. The van der Waals surface area contributed by atoms with Crippen LogP contribution in [0.4, 0.5) is 0 Å². The van der Waals surface area contributed by atoms with Gasteiger partial charge in [0.05, 0.1) is 0 Å². The lowest BCUT2D eigenvalue weighted by molar-refractivity contribution is 0.259. The van der Waals surface area contributed by atoms with E-state index in [0.717, 1.165) is 5.57 Å². The molecule has 114 valence electrons. The molecule has 0 bridgehead atoms. The zero-order chi connectivity index (χ0) is 15.9. The predicted octanol–water partition coefficient (Wildman–Crippen LogP) is 3.98. The molecule has 0 aliphatic heterocycles. The third-order valence-electron chi connectivity index (χ3n) is 2.54. The van der Waals surface area contributed by atoms with Gasteiger partial charge in [0.25, 0.3) is 5.89 Å². The van der Waals surface area contributed by atoms with Gasteiger partial charge in [0, 0.05) is 13.0 Å². The Morgan fingerprint density at radius 3 is 2.68 bits per heavy atom. The minimum absolute atomic E-state index is 0.209. The van der Waals surface area contributed by atoms with Crippen molar-refractivity contribution < 1.29 is 13.9 Å². The summed E-state index contributed by atoms with van der Waals surface area (Å²) in [6.07, 6.45) is 3.59. The van der Waals surface area contributed by atoms with Gasteiger partial charge in [0.2, 0.25) is 5.89 Å². The van der Waals surface area contributed by atoms with Crippen molar-refractivity contribution in [1.29, 1.82) is 0 Å². The molecule has 2 rings (SSSR count). The zero-order valence-corrected chi connectivity index (χ0v) is 12.7. The molecule has 0 saturated carbocycles. The van der Waals surface area contributed by atoms with Gasteiger partial charge < -0.3 is 13.9 Å². The van der Waals surface area contributed by atoms with Crippen molar-refractivity contribution in [1.82, 2.24) is 10.2 Å². The molecule has 0 amide bonds.